The molecule has 1 atom stereocenters. The van der Waals surface area contributed by atoms with Crippen molar-refractivity contribution in [1.82, 2.24) is 10.1 Å². The molecule has 7 nitrogen and oxygen atoms in total. The van der Waals surface area contributed by atoms with Crippen LogP contribution in [0.3, 0.4) is 0 Å². The Bertz CT molecular complexity index is 1180. The van der Waals surface area contributed by atoms with Crippen LogP contribution in [0.25, 0.3) is 11.3 Å². The summed E-state index contributed by atoms with van der Waals surface area (Å²) in [5.41, 5.74) is 3.07. The van der Waals surface area contributed by atoms with Crippen molar-refractivity contribution >= 4 is 15.7 Å². The summed E-state index contributed by atoms with van der Waals surface area (Å²) in [5, 5.41) is 3.99. The maximum atomic E-state index is 13.4. The molecule has 0 bridgehead atoms. The van der Waals surface area contributed by atoms with Gasteiger partial charge in [-0.15, -0.1) is 0 Å². The van der Waals surface area contributed by atoms with Crippen molar-refractivity contribution in [2.75, 3.05) is 18.6 Å². The van der Waals surface area contributed by atoms with E-state index in [0.717, 1.165) is 17.5 Å². The van der Waals surface area contributed by atoms with Crippen LogP contribution in [0.15, 0.2) is 59.1 Å². The third-order valence-corrected chi connectivity index (χ3v) is 7.55. The van der Waals surface area contributed by atoms with E-state index in [4.69, 9.17) is 9.26 Å². The molecule has 1 aliphatic rings. The quantitative estimate of drug-likeness (QED) is 0.540. The van der Waals surface area contributed by atoms with E-state index in [1.54, 1.807) is 30.2 Å². The van der Waals surface area contributed by atoms with Crippen molar-refractivity contribution in [3.05, 3.63) is 71.4 Å². The lowest BCUT2D eigenvalue weighted by atomic mass is 10.1. The zero-order valence-electron chi connectivity index (χ0n) is 18.2. The van der Waals surface area contributed by atoms with Gasteiger partial charge in [-0.3, -0.25) is 4.79 Å². The van der Waals surface area contributed by atoms with E-state index in [0.29, 0.717) is 24.5 Å². The van der Waals surface area contributed by atoms with Crippen molar-refractivity contribution in [3.8, 4) is 17.1 Å². The number of sulfone groups is 1. The molecule has 0 aliphatic carbocycles. The Morgan fingerprint density at radius 2 is 1.81 bits per heavy atom. The molecule has 1 saturated heterocycles. The molecule has 0 spiro atoms. The van der Waals surface area contributed by atoms with E-state index >= 15 is 0 Å². The lowest BCUT2D eigenvalue weighted by Gasteiger charge is -2.27. The SMILES string of the molecule is CCc1ccc(CN(C(=O)c2cc(-c3ccc(OC)cc3)on2)C2CCS(=O)(=O)C2)cc1. The van der Waals surface area contributed by atoms with Crippen LogP contribution in [0, 0.1) is 0 Å². The van der Waals surface area contributed by atoms with Crippen LogP contribution in [0.1, 0.15) is 35.0 Å². The highest BCUT2D eigenvalue weighted by Gasteiger charge is 2.36. The fourth-order valence-electron chi connectivity index (χ4n) is 3.88. The summed E-state index contributed by atoms with van der Waals surface area (Å²) >= 11 is 0. The first kappa shape index (κ1) is 22.1. The average Bonchev–Trinajstić information content (AvgIpc) is 3.44. The van der Waals surface area contributed by atoms with Crippen LogP contribution < -0.4 is 4.74 Å². The first-order valence-electron chi connectivity index (χ1n) is 10.6. The Morgan fingerprint density at radius 1 is 1.12 bits per heavy atom. The predicted octanol–water partition coefficient (Wildman–Crippen LogP) is 3.74. The zero-order valence-corrected chi connectivity index (χ0v) is 19.0. The molecule has 1 aliphatic heterocycles. The molecule has 1 amide bonds. The molecule has 2 heterocycles. The van der Waals surface area contributed by atoms with Gasteiger partial charge in [-0.1, -0.05) is 36.3 Å². The van der Waals surface area contributed by atoms with Crippen LogP contribution in [0.2, 0.25) is 0 Å². The summed E-state index contributed by atoms with van der Waals surface area (Å²) in [6.45, 7) is 2.40. The minimum Gasteiger partial charge on any atom is -0.497 e. The van der Waals surface area contributed by atoms with E-state index < -0.39 is 9.84 Å². The second-order valence-electron chi connectivity index (χ2n) is 7.96. The summed E-state index contributed by atoms with van der Waals surface area (Å²) in [6.07, 6.45) is 1.35. The number of benzene rings is 2. The largest absolute Gasteiger partial charge is 0.497 e. The number of rotatable bonds is 7. The molecule has 1 fully saturated rings. The number of aryl methyl sites for hydroxylation is 1. The van der Waals surface area contributed by atoms with Gasteiger partial charge < -0.3 is 14.2 Å². The molecule has 2 aromatic carbocycles. The molecule has 3 aromatic rings. The standard InChI is InChI=1S/C24H26N2O5S/c1-3-17-4-6-18(7-5-17)15-26(20-12-13-32(28,29)16-20)24(27)22-14-23(31-25-22)19-8-10-21(30-2)11-9-19/h4-11,14,20H,3,12-13,15-16H2,1-2H3. The number of hydrogen-bond acceptors (Lipinski definition) is 6. The Kier molecular flexibility index (Phi) is 6.32. The second-order valence-corrected chi connectivity index (χ2v) is 10.2. The molecule has 0 N–H and O–H groups in total. The van der Waals surface area contributed by atoms with Crippen LogP contribution in [-0.4, -0.2) is 49.0 Å². The minimum absolute atomic E-state index is 0.0328. The highest BCUT2D eigenvalue weighted by molar-refractivity contribution is 7.91. The Hall–Kier alpha value is -3.13. The molecular weight excluding hydrogens is 428 g/mol. The van der Waals surface area contributed by atoms with Gasteiger partial charge in [-0.25, -0.2) is 8.42 Å². The number of hydrogen-bond donors (Lipinski definition) is 0. The topological polar surface area (TPSA) is 89.7 Å². The Morgan fingerprint density at radius 3 is 2.41 bits per heavy atom. The van der Waals surface area contributed by atoms with Crippen LogP contribution in [0.4, 0.5) is 0 Å². The van der Waals surface area contributed by atoms with Gasteiger partial charge >= 0.3 is 0 Å². The summed E-state index contributed by atoms with van der Waals surface area (Å²) in [5.74, 6) is 0.894. The third-order valence-electron chi connectivity index (χ3n) is 5.80. The summed E-state index contributed by atoms with van der Waals surface area (Å²) in [4.78, 5) is 15.0. The van der Waals surface area contributed by atoms with Gasteiger partial charge in [0.1, 0.15) is 5.75 Å². The van der Waals surface area contributed by atoms with Crippen molar-refractivity contribution in [3.63, 3.8) is 0 Å². The fraction of sp³-hybridized carbons (Fsp3) is 0.333. The van der Waals surface area contributed by atoms with E-state index in [2.05, 4.69) is 12.1 Å². The van der Waals surface area contributed by atoms with Gasteiger partial charge in [0, 0.05) is 24.2 Å². The highest BCUT2D eigenvalue weighted by Crippen LogP contribution is 2.26. The van der Waals surface area contributed by atoms with Crippen LogP contribution in [0.5, 0.6) is 5.75 Å². The summed E-state index contributed by atoms with van der Waals surface area (Å²) < 4.78 is 34.8. The number of methoxy groups -OCH3 is 1. The van der Waals surface area contributed by atoms with E-state index in [1.165, 1.54) is 5.56 Å². The van der Waals surface area contributed by atoms with Crippen molar-refractivity contribution in [1.29, 1.82) is 0 Å². The molecule has 32 heavy (non-hydrogen) atoms. The maximum Gasteiger partial charge on any atom is 0.276 e. The number of nitrogens with zero attached hydrogens (tertiary/aromatic N) is 2. The van der Waals surface area contributed by atoms with Crippen molar-refractivity contribution in [2.24, 2.45) is 0 Å². The molecule has 1 unspecified atom stereocenters. The molecule has 1 aromatic heterocycles. The first-order chi connectivity index (χ1) is 15.4. The number of aromatic nitrogens is 1. The molecule has 4 rings (SSSR count). The molecule has 168 valence electrons. The smallest absolute Gasteiger partial charge is 0.276 e. The predicted molar refractivity (Wildman–Crippen MR) is 121 cm³/mol. The third kappa shape index (κ3) is 4.85. The average molecular weight is 455 g/mol. The monoisotopic (exact) mass is 454 g/mol. The number of amides is 1. The maximum absolute atomic E-state index is 13.4. The summed E-state index contributed by atoms with van der Waals surface area (Å²) in [6, 6.07) is 16.5. The number of ether oxygens (including phenoxy) is 1. The lowest BCUT2D eigenvalue weighted by Crippen LogP contribution is -2.40. The number of carbonyl (C=O) groups is 1. The second kappa shape index (κ2) is 9.16. The van der Waals surface area contributed by atoms with Crippen molar-refractivity contribution in [2.45, 2.75) is 32.4 Å². The van der Waals surface area contributed by atoms with Crippen LogP contribution >= 0.6 is 0 Å². The Labute approximate surface area is 187 Å². The van der Waals surface area contributed by atoms with Gasteiger partial charge in [0.15, 0.2) is 21.3 Å². The molecule has 0 radical (unpaired) electrons. The zero-order chi connectivity index (χ0) is 22.7. The van der Waals surface area contributed by atoms with Gasteiger partial charge in [-0.2, -0.15) is 0 Å². The molecule has 0 saturated carbocycles. The van der Waals surface area contributed by atoms with E-state index in [-0.39, 0.29) is 29.1 Å². The number of carbonyl (C=O) groups excluding carboxylic acids is 1. The lowest BCUT2D eigenvalue weighted by molar-refractivity contribution is 0.0670. The van der Waals surface area contributed by atoms with E-state index in [9.17, 15) is 13.2 Å². The fourth-order valence-corrected chi connectivity index (χ4v) is 5.61. The Balaban J connectivity index is 1.59. The van der Waals surface area contributed by atoms with Gasteiger partial charge in [0.25, 0.3) is 5.91 Å². The van der Waals surface area contributed by atoms with E-state index in [1.807, 2.05) is 36.4 Å². The first-order valence-corrected chi connectivity index (χ1v) is 12.4. The van der Waals surface area contributed by atoms with Gasteiger partial charge in [0.05, 0.1) is 18.6 Å². The normalized spacial score (nSPS) is 17.2. The van der Waals surface area contributed by atoms with Crippen LogP contribution in [-0.2, 0) is 22.8 Å². The van der Waals surface area contributed by atoms with Gasteiger partial charge in [0.2, 0.25) is 0 Å². The minimum atomic E-state index is -3.15. The van der Waals surface area contributed by atoms with Gasteiger partial charge in [-0.05, 0) is 48.2 Å². The van der Waals surface area contributed by atoms with Crippen molar-refractivity contribution < 1.29 is 22.5 Å². The molecule has 8 heteroatoms. The molecular formula is C24H26N2O5S. The summed E-state index contributed by atoms with van der Waals surface area (Å²) in [7, 11) is -1.56. The highest BCUT2D eigenvalue weighted by atomic mass is 32.2.